The van der Waals surface area contributed by atoms with Gasteiger partial charge in [-0.2, -0.15) is 0 Å². The highest BCUT2D eigenvalue weighted by molar-refractivity contribution is 6.39. The second-order valence-corrected chi connectivity index (χ2v) is 7.91. The number of carbonyl (C=O) groups excluding carboxylic acids is 2. The Morgan fingerprint density at radius 3 is 2.12 bits per heavy atom. The van der Waals surface area contributed by atoms with E-state index in [0.29, 0.717) is 66.9 Å². The highest BCUT2D eigenvalue weighted by Gasteiger charge is 2.19. The van der Waals surface area contributed by atoms with E-state index < -0.39 is 0 Å². The number of hydrogen-bond acceptors (Lipinski definition) is 6. The van der Waals surface area contributed by atoms with E-state index in [1.54, 1.807) is 36.5 Å². The first kappa shape index (κ1) is 23.4. The molecule has 0 saturated heterocycles. The molecule has 2 aromatic carbocycles. The zero-order chi connectivity index (χ0) is 24.2. The van der Waals surface area contributed by atoms with E-state index in [4.69, 9.17) is 32.7 Å². The van der Waals surface area contributed by atoms with Crippen molar-refractivity contribution < 1.29 is 19.1 Å². The average Bonchev–Trinajstić information content (AvgIpc) is 2.88. The van der Waals surface area contributed by atoms with Crippen LogP contribution in [0.5, 0.6) is 11.5 Å². The molecule has 0 amide bonds. The van der Waals surface area contributed by atoms with Crippen molar-refractivity contribution in [1.29, 1.82) is 0 Å². The van der Waals surface area contributed by atoms with Gasteiger partial charge in [-0.15, -0.1) is 0 Å². The smallest absolute Gasteiger partial charge is 0.172 e. The Labute approximate surface area is 206 Å². The van der Waals surface area contributed by atoms with Crippen LogP contribution in [0, 0.1) is 0 Å². The number of halogens is 2. The van der Waals surface area contributed by atoms with Gasteiger partial charge in [0.15, 0.2) is 18.3 Å². The average molecular weight is 493 g/mol. The lowest BCUT2D eigenvalue weighted by atomic mass is 9.97. The van der Waals surface area contributed by atoms with Crippen molar-refractivity contribution in [3.63, 3.8) is 0 Å². The van der Waals surface area contributed by atoms with Gasteiger partial charge >= 0.3 is 0 Å². The Kier molecular flexibility index (Phi) is 6.91. The summed E-state index contributed by atoms with van der Waals surface area (Å²) in [7, 11) is 2.97. The third-order valence-corrected chi connectivity index (χ3v) is 6.14. The Bertz CT molecular complexity index is 1410. The molecule has 0 spiro atoms. The van der Waals surface area contributed by atoms with Gasteiger partial charge in [-0.1, -0.05) is 47.5 Å². The van der Waals surface area contributed by atoms with Crippen LogP contribution in [0.15, 0.2) is 60.9 Å². The molecule has 0 N–H and O–H groups in total. The maximum atomic E-state index is 11.4. The number of aldehydes is 2. The van der Waals surface area contributed by atoms with Crippen molar-refractivity contribution in [3.05, 3.63) is 82.2 Å². The largest absolute Gasteiger partial charge is 0.496 e. The van der Waals surface area contributed by atoms with E-state index in [9.17, 15) is 9.59 Å². The number of rotatable bonds is 7. The van der Waals surface area contributed by atoms with Crippen molar-refractivity contribution in [3.8, 4) is 45.0 Å². The summed E-state index contributed by atoms with van der Waals surface area (Å²) in [4.78, 5) is 31.2. The standard InChI is InChI=1S/C26H18Cl2N2O4/c1-33-22-12-15(6-7-16(22)13-31)25-24(28)19(8-11-30-25)17-4-3-5-18(23(17)27)20-9-10-29-21(14-32)26(20)34-2/h3-14H,1-2H3. The molecule has 8 heteroatoms. The van der Waals surface area contributed by atoms with Crippen LogP contribution in [0.4, 0.5) is 0 Å². The molecule has 0 unspecified atom stereocenters. The number of ether oxygens (including phenoxy) is 2. The molecule has 4 aromatic rings. The minimum absolute atomic E-state index is 0.179. The molecule has 170 valence electrons. The SMILES string of the molecule is COc1cc(-c2nccc(-c3cccc(-c4ccnc(C=O)c4OC)c3Cl)c2Cl)ccc1C=O. The normalized spacial score (nSPS) is 10.6. The van der Waals surface area contributed by atoms with Crippen molar-refractivity contribution >= 4 is 35.8 Å². The lowest BCUT2D eigenvalue weighted by molar-refractivity contribution is 0.111. The van der Waals surface area contributed by atoms with Crippen LogP contribution in [-0.4, -0.2) is 36.8 Å². The van der Waals surface area contributed by atoms with Gasteiger partial charge in [0, 0.05) is 40.2 Å². The third kappa shape index (κ3) is 4.14. The number of nitrogens with zero attached hydrogens (tertiary/aromatic N) is 2. The minimum Gasteiger partial charge on any atom is -0.496 e. The summed E-state index contributed by atoms with van der Waals surface area (Å²) in [5.74, 6) is 0.756. The molecule has 0 radical (unpaired) electrons. The summed E-state index contributed by atoms with van der Waals surface area (Å²) in [6, 6.07) is 14.1. The first-order valence-electron chi connectivity index (χ1n) is 10.1. The lowest BCUT2D eigenvalue weighted by Crippen LogP contribution is -1.97. The summed E-state index contributed by atoms with van der Waals surface area (Å²) in [5.41, 5.74) is 4.44. The Hall–Kier alpha value is -3.74. The molecule has 2 aromatic heterocycles. The summed E-state index contributed by atoms with van der Waals surface area (Å²) < 4.78 is 10.8. The molecule has 4 rings (SSSR count). The van der Waals surface area contributed by atoms with E-state index in [-0.39, 0.29) is 5.69 Å². The van der Waals surface area contributed by atoms with Crippen molar-refractivity contribution in [1.82, 2.24) is 9.97 Å². The molecule has 0 bridgehead atoms. The fourth-order valence-electron chi connectivity index (χ4n) is 3.73. The van der Waals surface area contributed by atoms with Gasteiger partial charge in [-0.3, -0.25) is 14.6 Å². The molecule has 34 heavy (non-hydrogen) atoms. The molecule has 0 atom stereocenters. The molecule has 6 nitrogen and oxygen atoms in total. The molecule has 0 saturated carbocycles. The van der Waals surface area contributed by atoms with E-state index in [0.717, 1.165) is 6.29 Å². The maximum absolute atomic E-state index is 11.4. The number of hydrogen-bond donors (Lipinski definition) is 0. The first-order chi connectivity index (χ1) is 16.5. The van der Waals surface area contributed by atoms with Gasteiger partial charge in [0.25, 0.3) is 0 Å². The topological polar surface area (TPSA) is 78.4 Å². The van der Waals surface area contributed by atoms with E-state index in [2.05, 4.69) is 9.97 Å². The van der Waals surface area contributed by atoms with Gasteiger partial charge in [0.1, 0.15) is 11.4 Å². The lowest BCUT2D eigenvalue weighted by Gasteiger charge is -2.15. The van der Waals surface area contributed by atoms with Gasteiger partial charge in [0.2, 0.25) is 0 Å². The summed E-state index contributed by atoms with van der Waals surface area (Å²) in [5, 5.41) is 0.814. The van der Waals surface area contributed by atoms with Crippen molar-refractivity contribution in [2.24, 2.45) is 0 Å². The second kappa shape index (κ2) is 10.0. The molecule has 0 aliphatic heterocycles. The number of carbonyl (C=O) groups is 2. The Balaban J connectivity index is 1.87. The molecular formula is C26H18Cl2N2O4. The summed E-state index contributed by atoms with van der Waals surface area (Å²) in [6.45, 7) is 0. The Morgan fingerprint density at radius 2 is 1.44 bits per heavy atom. The summed E-state index contributed by atoms with van der Waals surface area (Å²) in [6.07, 6.45) is 4.52. The van der Waals surface area contributed by atoms with Crippen LogP contribution in [0.2, 0.25) is 10.0 Å². The Morgan fingerprint density at radius 1 is 0.765 bits per heavy atom. The predicted molar refractivity (Wildman–Crippen MR) is 132 cm³/mol. The van der Waals surface area contributed by atoms with Crippen LogP contribution in [-0.2, 0) is 0 Å². The second-order valence-electron chi connectivity index (χ2n) is 7.16. The van der Waals surface area contributed by atoms with Crippen molar-refractivity contribution in [2.45, 2.75) is 0 Å². The van der Waals surface area contributed by atoms with E-state index in [1.807, 2.05) is 18.2 Å². The van der Waals surface area contributed by atoms with Crippen LogP contribution < -0.4 is 9.47 Å². The number of methoxy groups -OCH3 is 2. The van der Waals surface area contributed by atoms with Gasteiger partial charge in [-0.05, 0) is 24.3 Å². The zero-order valence-corrected chi connectivity index (χ0v) is 19.7. The summed E-state index contributed by atoms with van der Waals surface area (Å²) >= 11 is 13.7. The molecule has 2 heterocycles. The van der Waals surface area contributed by atoms with Crippen LogP contribution >= 0.6 is 23.2 Å². The number of benzene rings is 2. The maximum Gasteiger partial charge on any atom is 0.172 e. The van der Waals surface area contributed by atoms with Crippen LogP contribution in [0.25, 0.3) is 33.5 Å². The van der Waals surface area contributed by atoms with E-state index >= 15 is 0 Å². The molecule has 0 fully saturated rings. The quantitative estimate of drug-likeness (QED) is 0.276. The predicted octanol–water partition coefficient (Wildman–Crippen LogP) is 6.43. The highest BCUT2D eigenvalue weighted by atomic mass is 35.5. The fraction of sp³-hybridized carbons (Fsp3) is 0.0769. The van der Waals surface area contributed by atoms with E-state index in [1.165, 1.54) is 20.4 Å². The van der Waals surface area contributed by atoms with Gasteiger partial charge in [-0.25, -0.2) is 4.98 Å². The monoisotopic (exact) mass is 492 g/mol. The van der Waals surface area contributed by atoms with Crippen LogP contribution in [0.3, 0.4) is 0 Å². The molecule has 0 aliphatic carbocycles. The van der Waals surface area contributed by atoms with Gasteiger partial charge in [0.05, 0.1) is 35.5 Å². The first-order valence-corrected chi connectivity index (χ1v) is 10.8. The molecule has 0 aliphatic rings. The van der Waals surface area contributed by atoms with Gasteiger partial charge < -0.3 is 9.47 Å². The fourth-order valence-corrected chi connectivity index (χ4v) is 4.38. The van der Waals surface area contributed by atoms with Crippen LogP contribution in [0.1, 0.15) is 20.8 Å². The number of aromatic nitrogens is 2. The minimum atomic E-state index is 0.179. The number of pyridine rings is 2. The third-order valence-electron chi connectivity index (χ3n) is 5.35. The van der Waals surface area contributed by atoms with Crippen molar-refractivity contribution in [2.75, 3.05) is 14.2 Å². The highest BCUT2D eigenvalue weighted by Crippen LogP contribution is 2.44. The zero-order valence-electron chi connectivity index (χ0n) is 18.2. The molecular weight excluding hydrogens is 475 g/mol.